The van der Waals surface area contributed by atoms with E-state index in [1.807, 2.05) is 31.2 Å². The topological polar surface area (TPSA) is 77.0 Å². The van der Waals surface area contributed by atoms with Crippen LogP contribution in [0.15, 0.2) is 28.8 Å². The molecule has 25 heavy (non-hydrogen) atoms. The summed E-state index contributed by atoms with van der Waals surface area (Å²) in [5, 5.41) is 3.87. The second-order valence-electron chi connectivity index (χ2n) is 6.09. The maximum absolute atomic E-state index is 13.1. The van der Waals surface area contributed by atoms with Crippen molar-refractivity contribution < 1.29 is 9.32 Å². The summed E-state index contributed by atoms with van der Waals surface area (Å²) >= 11 is 0. The summed E-state index contributed by atoms with van der Waals surface area (Å²) in [5.41, 5.74) is 1.91. The Morgan fingerprint density at radius 3 is 2.68 bits per heavy atom. The number of hydrogen-bond donors (Lipinski definition) is 0. The molecule has 2 aromatic heterocycles. The van der Waals surface area contributed by atoms with Gasteiger partial charge >= 0.3 is 0 Å². The van der Waals surface area contributed by atoms with Gasteiger partial charge in [0.2, 0.25) is 11.8 Å². The molecule has 0 aliphatic heterocycles. The van der Waals surface area contributed by atoms with Crippen LogP contribution in [0.4, 0.5) is 0 Å². The average Bonchev–Trinajstić information content (AvgIpc) is 3.19. The highest BCUT2D eigenvalue weighted by atomic mass is 16.5. The van der Waals surface area contributed by atoms with Gasteiger partial charge in [0.15, 0.2) is 5.82 Å². The molecule has 3 rings (SSSR count). The van der Waals surface area contributed by atoms with Crippen LogP contribution in [0.3, 0.4) is 0 Å². The minimum Gasteiger partial charge on any atom is -0.340 e. The van der Waals surface area contributed by atoms with Gasteiger partial charge in [-0.15, -0.1) is 0 Å². The fourth-order valence-electron chi connectivity index (χ4n) is 3.11. The van der Waals surface area contributed by atoms with Gasteiger partial charge in [0.25, 0.3) is 0 Å². The lowest BCUT2D eigenvalue weighted by Gasteiger charge is -2.24. The molecule has 0 bridgehead atoms. The second-order valence-corrected chi connectivity index (χ2v) is 6.09. The lowest BCUT2D eigenvalue weighted by atomic mass is 10.1. The van der Waals surface area contributed by atoms with Gasteiger partial charge in [-0.25, -0.2) is 4.98 Å². The molecule has 1 amide bonds. The van der Waals surface area contributed by atoms with E-state index in [0.717, 1.165) is 23.3 Å². The van der Waals surface area contributed by atoms with Crippen LogP contribution in [-0.2, 0) is 17.8 Å². The normalized spacial score (nSPS) is 12.5. The highest BCUT2D eigenvalue weighted by Gasteiger charge is 2.26. The van der Waals surface area contributed by atoms with E-state index in [1.54, 1.807) is 18.9 Å². The van der Waals surface area contributed by atoms with Crippen molar-refractivity contribution in [3.63, 3.8) is 0 Å². The van der Waals surface area contributed by atoms with Gasteiger partial charge in [-0.05, 0) is 18.6 Å². The van der Waals surface area contributed by atoms with Crippen LogP contribution in [-0.4, -0.2) is 37.5 Å². The number of fused-ring (bicyclic) bond motifs is 1. The van der Waals surface area contributed by atoms with Crippen molar-refractivity contribution in [3.05, 3.63) is 41.8 Å². The SMILES string of the molecule is CCc1nc2ccccc2n1[C@H](CC)C(=O)N(C)Cc1noc(C)n1. The number of rotatable bonds is 6. The Hall–Kier alpha value is -2.70. The third-order valence-electron chi connectivity index (χ3n) is 4.29. The van der Waals surface area contributed by atoms with E-state index in [1.165, 1.54) is 0 Å². The Balaban J connectivity index is 1.92. The molecule has 0 N–H and O–H groups in total. The molecule has 0 unspecified atom stereocenters. The number of carbonyl (C=O) groups excluding carboxylic acids is 1. The van der Waals surface area contributed by atoms with Gasteiger partial charge < -0.3 is 14.0 Å². The summed E-state index contributed by atoms with van der Waals surface area (Å²) in [5.74, 6) is 1.94. The van der Waals surface area contributed by atoms with Gasteiger partial charge in [-0.2, -0.15) is 4.98 Å². The van der Waals surface area contributed by atoms with E-state index in [4.69, 9.17) is 4.52 Å². The molecule has 132 valence electrons. The van der Waals surface area contributed by atoms with E-state index in [9.17, 15) is 4.79 Å². The quantitative estimate of drug-likeness (QED) is 0.689. The smallest absolute Gasteiger partial charge is 0.245 e. The van der Waals surface area contributed by atoms with Crippen LogP contribution in [0.1, 0.15) is 43.8 Å². The van der Waals surface area contributed by atoms with Gasteiger partial charge in [0, 0.05) is 20.4 Å². The first-order valence-electron chi connectivity index (χ1n) is 8.55. The van der Waals surface area contributed by atoms with Crippen molar-refractivity contribution >= 4 is 16.9 Å². The third-order valence-corrected chi connectivity index (χ3v) is 4.29. The number of aryl methyl sites for hydroxylation is 2. The molecular weight excluding hydrogens is 318 g/mol. The lowest BCUT2D eigenvalue weighted by molar-refractivity contribution is -0.134. The summed E-state index contributed by atoms with van der Waals surface area (Å²) in [4.78, 5) is 23.6. The molecule has 3 aromatic rings. The predicted molar refractivity (Wildman–Crippen MR) is 93.9 cm³/mol. The summed E-state index contributed by atoms with van der Waals surface area (Å²) in [6, 6.07) is 7.63. The van der Waals surface area contributed by atoms with Crippen molar-refractivity contribution in [2.24, 2.45) is 0 Å². The van der Waals surface area contributed by atoms with Crippen LogP contribution in [0.2, 0.25) is 0 Å². The fourth-order valence-corrected chi connectivity index (χ4v) is 3.11. The second kappa shape index (κ2) is 7.04. The Bertz CT molecular complexity index is 883. The third kappa shape index (κ3) is 3.26. The van der Waals surface area contributed by atoms with Crippen LogP contribution in [0, 0.1) is 6.92 Å². The predicted octanol–water partition coefficient (Wildman–Crippen LogP) is 2.90. The standard InChI is InChI=1S/C18H23N5O2/c1-5-14(18(24)22(4)11-16-19-12(3)25-21-16)23-15-10-8-7-9-13(15)20-17(23)6-2/h7-10,14H,5-6,11H2,1-4H3/t14-/m1/s1. The van der Waals surface area contributed by atoms with Gasteiger partial charge in [-0.1, -0.05) is 31.1 Å². The molecule has 7 heteroatoms. The Morgan fingerprint density at radius 2 is 2.04 bits per heavy atom. The Kier molecular flexibility index (Phi) is 4.83. The van der Waals surface area contributed by atoms with E-state index in [-0.39, 0.29) is 11.9 Å². The van der Waals surface area contributed by atoms with Crippen molar-refractivity contribution in [1.82, 2.24) is 24.6 Å². The molecule has 0 saturated carbocycles. The van der Waals surface area contributed by atoms with Crippen molar-refractivity contribution in [3.8, 4) is 0 Å². The van der Waals surface area contributed by atoms with Crippen LogP contribution in [0.5, 0.6) is 0 Å². The van der Waals surface area contributed by atoms with Crippen molar-refractivity contribution in [2.75, 3.05) is 7.05 Å². The molecule has 0 fully saturated rings. The van der Waals surface area contributed by atoms with E-state index < -0.39 is 0 Å². The van der Waals surface area contributed by atoms with E-state index >= 15 is 0 Å². The van der Waals surface area contributed by atoms with Gasteiger partial charge in [-0.3, -0.25) is 4.79 Å². The maximum Gasteiger partial charge on any atom is 0.245 e. The summed E-state index contributed by atoms with van der Waals surface area (Å²) in [7, 11) is 1.77. The van der Waals surface area contributed by atoms with Crippen LogP contribution in [0.25, 0.3) is 11.0 Å². The minimum absolute atomic E-state index is 0.0165. The summed E-state index contributed by atoms with van der Waals surface area (Å²) in [6.45, 7) is 6.13. The van der Waals surface area contributed by atoms with E-state index in [0.29, 0.717) is 24.7 Å². The number of benzene rings is 1. The highest BCUT2D eigenvalue weighted by Crippen LogP contribution is 2.25. The molecule has 1 aromatic carbocycles. The first-order chi connectivity index (χ1) is 12.0. The molecule has 2 heterocycles. The fraction of sp³-hybridized carbons (Fsp3) is 0.444. The Morgan fingerprint density at radius 1 is 1.28 bits per heavy atom. The highest BCUT2D eigenvalue weighted by molar-refractivity contribution is 5.84. The molecule has 0 saturated heterocycles. The number of aromatic nitrogens is 4. The molecule has 0 aliphatic rings. The largest absolute Gasteiger partial charge is 0.340 e. The number of likely N-dealkylation sites (N-methyl/N-ethyl adjacent to an activating group) is 1. The maximum atomic E-state index is 13.1. The lowest BCUT2D eigenvalue weighted by Crippen LogP contribution is -2.34. The number of para-hydroxylation sites is 2. The number of carbonyl (C=O) groups is 1. The van der Waals surface area contributed by atoms with Crippen molar-refractivity contribution in [2.45, 2.75) is 46.2 Å². The van der Waals surface area contributed by atoms with Crippen LogP contribution < -0.4 is 0 Å². The zero-order valence-electron chi connectivity index (χ0n) is 15.1. The number of nitrogens with zero attached hydrogens (tertiary/aromatic N) is 5. The Labute approximate surface area is 146 Å². The summed E-state index contributed by atoms with van der Waals surface area (Å²) < 4.78 is 7.05. The first kappa shape index (κ1) is 17.1. The van der Waals surface area contributed by atoms with Gasteiger partial charge in [0.05, 0.1) is 17.6 Å². The first-order valence-corrected chi connectivity index (χ1v) is 8.55. The zero-order valence-corrected chi connectivity index (χ0v) is 15.1. The summed E-state index contributed by atoms with van der Waals surface area (Å²) in [6.07, 6.45) is 1.45. The molecular formula is C18H23N5O2. The van der Waals surface area contributed by atoms with E-state index in [2.05, 4.69) is 26.6 Å². The molecule has 0 spiro atoms. The molecule has 0 aliphatic carbocycles. The molecule has 0 radical (unpaired) electrons. The number of amides is 1. The minimum atomic E-state index is -0.305. The molecule has 7 nitrogen and oxygen atoms in total. The number of imidazole rings is 1. The van der Waals surface area contributed by atoms with Gasteiger partial charge in [0.1, 0.15) is 11.9 Å². The molecule has 1 atom stereocenters. The monoisotopic (exact) mass is 341 g/mol. The van der Waals surface area contributed by atoms with Crippen molar-refractivity contribution in [1.29, 1.82) is 0 Å². The average molecular weight is 341 g/mol. The van der Waals surface area contributed by atoms with Crippen LogP contribution >= 0.6 is 0 Å². The zero-order chi connectivity index (χ0) is 18.0. The number of hydrogen-bond acceptors (Lipinski definition) is 5.